The van der Waals surface area contributed by atoms with E-state index in [2.05, 4.69) is 19.2 Å². The van der Waals surface area contributed by atoms with Crippen LogP contribution in [0.5, 0.6) is 0 Å². The summed E-state index contributed by atoms with van der Waals surface area (Å²) in [5.74, 6) is 0.778. The van der Waals surface area contributed by atoms with Crippen LogP contribution in [-0.2, 0) is 4.74 Å². The van der Waals surface area contributed by atoms with Crippen LogP contribution in [0.2, 0.25) is 0 Å². The molecule has 2 nitrogen and oxygen atoms in total. The summed E-state index contributed by atoms with van der Waals surface area (Å²) in [6.07, 6.45) is 5.35. The van der Waals surface area contributed by atoms with Crippen molar-refractivity contribution >= 4 is 11.6 Å². The van der Waals surface area contributed by atoms with Gasteiger partial charge in [-0.1, -0.05) is 6.42 Å². The first kappa shape index (κ1) is 13.3. The van der Waals surface area contributed by atoms with Crippen molar-refractivity contribution in [3.8, 4) is 0 Å². The molecule has 1 saturated carbocycles. The Balaban J connectivity index is 1.95. The van der Waals surface area contributed by atoms with Crippen molar-refractivity contribution in [1.29, 1.82) is 0 Å². The number of rotatable bonds is 6. The second-order valence-corrected chi connectivity index (χ2v) is 5.37. The number of alkyl halides is 1. The summed E-state index contributed by atoms with van der Waals surface area (Å²) in [7, 11) is 0. The summed E-state index contributed by atoms with van der Waals surface area (Å²) in [5.41, 5.74) is 0. The Hall–Kier alpha value is 0.210. The minimum Gasteiger partial charge on any atom is -0.377 e. The molecule has 0 aromatic rings. The van der Waals surface area contributed by atoms with Crippen molar-refractivity contribution in [1.82, 2.24) is 5.32 Å². The van der Waals surface area contributed by atoms with Crippen LogP contribution in [0.3, 0.4) is 0 Å². The van der Waals surface area contributed by atoms with E-state index in [1.807, 2.05) is 0 Å². The molecule has 1 fully saturated rings. The summed E-state index contributed by atoms with van der Waals surface area (Å²) in [6, 6.07) is 0. The van der Waals surface area contributed by atoms with E-state index in [1.165, 1.54) is 25.7 Å². The Bertz CT molecular complexity index is 164. The quantitative estimate of drug-likeness (QED) is 0.563. The summed E-state index contributed by atoms with van der Waals surface area (Å²) >= 11 is 6.14. The van der Waals surface area contributed by atoms with Crippen molar-refractivity contribution < 1.29 is 4.74 Å². The van der Waals surface area contributed by atoms with E-state index in [9.17, 15) is 0 Å². The van der Waals surface area contributed by atoms with Crippen molar-refractivity contribution in [3.05, 3.63) is 0 Å². The Labute approximate surface area is 98.7 Å². The van der Waals surface area contributed by atoms with Gasteiger partial charge in [0.25, 0.3) is 0 Å². The van der Waals surface area contributed by atoms with E-state index in [-0.39, 0.29) is 0 Å². The second-order valence-electron chi connectivity index (χ2n) is 4.75. The lowest BCUT2D eigenvalue weighted by atomic mass is 9.89. The molecule has 15 heavy (non-hydrogen) atoms. The standard InChI is InChI=1S/C12H24ClNO/c1-10(2)15-7-6-14-9-11-4-3-5-12(13)8-11/h10-12,14H,3-9H2,1-2H3. The Morgan fingerprint density at radius 1 is 1.40 bits per heavy atom. The Kier molecular flexibility index (Phi) is 6.62. The number of ether oxygens (including phenoxy) is 1. The maximum atomic E-state index is 6.14. The van der Waals surface area contributed by atoms with Crippen LogP contribution >= 0.6 is 11.6 Å². The van der Waals surface area contributed by atoms with Gasteiger partial charge < -0.3 is 10.1 Å². The Morgan fingerprint density at radius 3 is 2.87 bits per heavy atom. The molecule has 0 aromatic heterocycles. The van der Waals surface area contributed by atoms with E-state index in [0.29, 0.717) is 11.5 Å². The largest absolute Gasteiger partial charge is 0.377 e. The molecule has 0 aliphatic heterocycles. The van der Waals surface area contributed by atoms with E-state index in [0.717, 1.165) is 25.6 Å². The van der Waals surface area contributed by atoms with E-state index < -0.39 is 0 Å². The first-order chi connectivity index (χ1) is 7.18. The highest BCUT2D eigenvalue weighted by atomic mass is 35.5. The van der Waals surface area contributed by atoms with Gasteiger partial charge in [0.2, 0.25) is 0 Å². The van der Waals surface area contributed by atoms with Gasteiger partial charge in [-0.05, 0) is 45.6 Å². The minimum atomic E-state index is 0.341. The fourth-order valence-corrected chi connectivity index (χ4v) is 2.49. The molecule has 0 amide bonds. The predicted octanol–water partition coefficient (Wildman–Crippen LogP) is 2.80. The van der Waals surface area contributed by atoms with E-state index in [4.69, 9.17) is 16.3 Å². The SMILES string of the molecule is CC(C)OCCNCC1CCCC(Cl)C1. The van der Waals surface area contributed by atoms with Crippen LogP contribution in [-0.4, -0.2) is 31.2 Å². The minimum absolute atomic E-state index is 0.341. The molecule has 0 heterocycles. The van der Waals surface area contributed by atoms with Gasteiger partial charge in [-0.15, -0.1) is 11.6 Å². The molecule has 0 bridgehead atoms. The van der Waals surface area contributed by atoms with Crippen molar-refractivity contribution in [3.63, 3.8) is 0 Å². The number of nitrogens with one attached hydrogen (secondary N) is 1. The highest BCUT2D eigenvalue weighted by Gasteiger charge is 2.19. The van der Waals surface area contributed by atoms with Crippen molar-refractivity contribution in [2.45, 2.75) is 51.0 Å². The molecule has 2 unspecified atom stereocenters. The molecule has 90 valence electrons. The number of hydrogen-bond donors (Lipinski definition) is 1. The molecule has 1 aliphatic carbocycles. The lowest BCUT2D eigenvalue weighted by molar-refractivity contribution is 0.0801. The maximum absolute atomic E-state index is 6.14. The predicted molar refractivity (Wildman–Crippen MR) is 65.6 cm³/mol. The fraction of sp³-hybridized carbons (Fsp3) is 1.00. The second kappa shape index (κ2) is 7.48. The van der Waals surface area contributed by atoms with Gasteiger partial charge in [-0.3, -0.25) is 0 Å². The molecule has 0 aromatic carbocycles. The number of hydrogen-bond acceptors (Lipinski definition) is 2. The summed E-state index contributed by atoms with van der Waals surface area (Å²) in [4.78, 5) is 0. The average Bonchev–Trinajstić information content (AvgIpc) is 2.17. The van der Waals surface area contributed by atoms with E-state index in [1.54, 1.807) is 0 Å². The van der Waals surface area contributed by atoms with Crippen LogP contribution in [0, 0.1) is 5.92 Å². The number of halogens is 1. The molecule has 0 radical (unpaired) electrons. The highest BCUT2D eigenvalue weighted by molar-refractivity contribution is 6.20. The molecule has 1 rings (SSSR count). The molecule has 0 saturated heterocycles. The van der Waals surface area contributed by atoms with Gasteiger partial charge in [0.1, 0.15) is 0 Å². The van der Waals surface area contributed by atoms with E-state index >= 15 is 0 Å². The smallest absolute Gasteiger partial charge is 0.0594 e. The molecule has 0 spiro atoms. The van der Waals surface area contributed by atoms with Gasteiger partial charge in [0, 0.05) is 11.9 Å². The molecule has 2 atom stereocenters. The molecule has 1 N–H and O–H groups in total. The van der Waals surface area contributed by atoms with Crippen LogP contribution in [0.25, 0.3) is 0 Å². The van der Waals surface area contributed by atoms with Crippen LogP contribution in [0.1, 0.15) is 39.5 Å². The summed E-state index contributed by atoms with van der Waals surface area (Å²) in [5, 5.41) is 3.86. The van der Waals surface area contributed by atoms with Gasteiger partial charge in [0.15, 0.2) is 0 Å². The summed E-state index contributed by atoms with van der Waals surface area (Å²) < 4.78 is 5.46. The van der Waals surface area contributed by atoms with Gasteiger partial charge in [-0.25, -0.2) is 0 Å². The monoisotopic (exact) mass is 233 g/mol. The van der Waals surface area contributed by atoms with Crippen LogP contribution < -0.4 is 5.32 Å². The zero-order valence-corrected chi connectivity index (χ0v) is 10.7. The lowest BCUT2D eigenvalue weighted by Crippen LogP contribution is -2.30. The van der Waals surface area contributed by atoms with Gasteiger partial charge in [0.05, 0.1) is 12.7 Å². The third-order valence-corrected chi connectivity index (χ3v) is 3.28. The highest BCUT2D eigenvalue weighted by Crippen LogP contribution is 2.27. The van der Waals surface area contributed by atoms with Crippen molar-refractivity contribution in [2.75, 3.05) is 19.7 Å². The maximum Gasteiger partial charge on any atom is 0.0594 e. The average molecular weight is 234 g/mol. The van der Waals surface area contributed by atoms with Crippen LogP contribution in [0.15, 0.2) is 0 Å². The Morgan fingerprint density at radius 2 is 2.20 bits per heavy atom. The van der Waals surface area contributed by atoms with Crippen molar-refractivity contribution in [2.24, 2.45) is 5.92 Å². The lowest BCUT2D eigenvalue weighted by Gasteiger charge is -2.25. The summed E-state index contributed by atoms with van der Waals surface area (Å²) in [6.45, 7) is 7.01. The third kappa shape index (κ3) is 6.39. The fourth-order valence-electron chi connectivity index (χ4n) is 2.08. The zero-order chi connectivity index (χ0) is 11.1. The molecule has 1 aliphatic rings. The first-order valence-electron chi connectivity index (χ1n) is 6.15. The zero-order valence-electron chi connectivity index (χ0n) is 9.97. The third-order valence-electron chi connectivity index (χ3n) is 2.88. The molecular formula is C12H24ClNO. The van der Waals surface area contributed by atoms with Crippen LogP contribution in [0.4, 0.5) is 0 Å². The molecular weight excluding hydrogens is 210 g/mol. The van der Waals surface area contributed by atoms with Gasteiger partial charge in [-0.2, -0.15) is 0 Å². The first-order valence-corrected chi connectivity index (χ1v) is 6.58. The topological polar surface area (TPSA) is 21.3 Å². The van der Waals surface area contributed by atoms with Gasteiger partial charge >= 0.3 is 0 Å². The normalized spacial score (nSPS) is 27.2. The molecule has 3 heteroatoms.